The highest BCUT2D eigenvalue weighted by molar-refractivity contribution is 5.92. The summed E-state index contributed by atoms with van der Waals surface area (Å²) in [7, 11) is 0. The second-order valence-electron chi connectivity index (χ2n) is 5.53. The van der Waals surface area contributed by atoms with Crippen LogP contribution in [0.2, 0.25) is 0 Å². The molecule has 0 amide bonds. The summed E-state index contributed by atoms with van der Waals surface area (Å²) < 4.78 is 8.05. The number of aryl methyl sites for hydroxylation is 4. The third-order valence-corrected chi connectivity index (χ3v) is 4.12. The zero-order valence-corrected chi connectivity index (χ0v) is 13.8. The van der Waals surface area contributed by atoms with E-state index in [0.29, 0.717) is 6.61 Å². The van der Waals surface area contributed by atoms with E-state index < -0.39 is 0 Å². The average molecular weight is 295 g/mol. The molecule has 0 bridgehead atoms. The summed E-state index contributed by atoms with van der Waals surface area (Å²) in [5.74, 6) is 0.896. The standard InChI is InChI=1S/C18H21N3O/c1-6-22-16-10-8-7-9-15(16)21-13(4)17-11(2)19-20-12(3)18(17)14(21)5/h7-10H,6H2,1-5H3. The van der Waals surface area contributed by atoms with E-state index in [1.54, 1.807) is 0 Å². The lowest BCUT2D eigenvalue weighted by Gasteiger charge is -2.14. The fourth-order valence-corrected chi connectivity index (χ4v) is 3.25. The molecule has 0 saturated heterocycles. The Bertz CT molecular complexity index is 804. The number of nitrogens with zero attached hydrogens (tertiary/aromatic N) is 3. The molecule has 0 saturated carbocycles. The van der Waals surface area contributed by atoms with E-state index >= 15 is 0 Å². The van der Waals surface area contributed by atoms with Crippen LogP contribution in [0.4, 0.5) is 0 Å². The van der Waals surface area contributed by atoms with Gasteiger partial charge in [0.2, 0.25) is 0 Å². The van der Waals surface area contributed by atoms with Gasteiger partial charge in [-0.2, -0.15) is 10.2 Å². The maximum Gasteiger partial charge on any atom is 0.143 e. The summed E-state index contributed by atoms with van der Waals surface area (Å²) in [5.41, 5.74) is 5.35. The van der Waals surface area contributed by atoms with E-state index in [1.807, 2.05) is 39.0 Å². The van der Waals surface area contributed by atoms with Gasteiger partial charge in [-0.3, -0.25) is 0 Å². The first kappa shape index (κ1) is 14.6. The summed E-state index contributed by atoms with van der Waals surface area (Å²) in [6.45, 7) is 10.9. The number of rotatable bonds is 3. The van der Waals surface area contributed by atoms with Crippen LogP contribution in [0.3, 0.4) is 0 Å². The molecule has 114 valence electrons. The molecule has 0 aliphatic rings. The number of aromatic nitrogens is 3. The molecule has 0 radical (unpaired) electrons. The summed E-state index contributed by atoms with van der Waals surface area (Å²) in [5, 5.41) is 10.9. The maximum atomic E-state index is 5.81. The summed E-state index contributed by atoms with van der Waals surface area (Å²) in [4.78, 5) is 0. The van der Waals surface area contributed by atoms with E-state index in [2.05, 4.69) is 34.7 Å². The minimum atomic E-state index is 0.650. The molecule has 4 heteroatoms. The highest BCUT2D eigenvalue weighted by Gasteiger charge is 2.19. The van der Waals surface area contributed by atoms with Gasteiger partial charge in [0.05, 0.1) is 23.7 Å². The minimum absolute atomic E-state index is 0.650. The van der Waals surface area contributed by atoms with Crippen molar-refractivity contribution in [1.29, 1.82) is 0 Å². The number of para-hydroxylation sites is 2. The number of ether oxygens (including phenoxy) is 1. The third-order valence-electron chi connectivity index (χ3n) is 4.12. The van der Waals surface area contributed by atoms with Gasteiger partial charge >= 0.3 is 0 Å². The molecule has 2 heterocycles. The molecule has 0 fully saturated rings. The van der Waals surface area contributed by atoms with E-state index in [4.69, 9.17) is 4.74 Å². The SMILES string of the molecule is CCOc1ccccc1-n1c(C)c2c(C)nnc(C)c2c1C. The van der Waals surface area contributed by atoms with Crippen molar-refractivity contribution < 1.29 is 4.74 Å². The van der Waals surface area contributed by atoms with Crippen LogP contribution in [-0.2, 0) is 0 Å². The van der Waals surface area contributed by atoms with Gasteiger partial charge in [-0.15, -0.1) is 0 Å². The first-order valence-electron chi connectivity index (χ1n) is 7.60. The van der Waals surface area contributed by atoms with Crippen molar-refractivity contribution in [3.05, 3.63) is 47.0 Å². The molecule has 0 unspecified atom stereocenters. The van der Waals surface area contributed by atoms with Gasteiger partial charge in [-0.05, 0) is 46.8 Å². The second kappa shape index (κ2) is 5.44. The number of fused-ring (bicyclic) bond motifs is 1. The normalized spacial score (nSPS) is 11.1. The molecule has 2 aromatic heterocycles. The Morgan fingerprint density at radius 1 is 0.909 bits per heavy atom. The van der Waals surface area contributed by atoms with E-state index in [9.17, 15) is 0 Å². The molecule has 0 spiro atoms. The van der Waals surface area contributed by atoms with Crippen molar-refractivity contribution >= 4 is 10.8 Å². The predicted molar refractivity (Wildman–Crippen MR) is 89.0 cm³/mol. The monoisotopic (exact) mass is 295 g/mol. The highest BCUT2D eigenvalue weighted by Crippen LogP contribution is 2.34. The van der Waals surface area contributed by atoms with Crippen LogP contribution in [0, 0.1) is 27.7 Å². The van der Waals surface area contributed by atoms with Crippen LogP contribution in [0.15, 0.2) is 24.3 Å². The Hall–Kier alpha value is -2.36. The Morgan fingerprint density at radius 2 is 1.45 bits per heavy atom. The zero-order valence-electron chi connectivity index (χ0n) is 13.8. The quantitative estimate of drug-likeness (QED) is 0.731. The Morgan fingerprint density at radius 3 is 2.00 bits per heavy atom. The van der Waals surface area contributed by atoms with Crippen molar-refractivity contribution in [2.24, 2.45) is 0 Å². The average Bonchev–Trinajstić information content (AvgIpc) is 2.77. The summed E-state index contributed by atoms with van der Waals surface area (Å²) >= 11 is 0. The van der Waals surface area contributed by atoms with Gasteiger partial charge in [0, 0.05) is 22.2 Å². The van der Waals surface area contributed by atoms with Crippen molar-refractivity contribution in [3.8, 4) is 11.4 Å². The molecular weight excluding hydrogens is 274 g/mol. The van der Waals surface area contributed by atoms with Crippen LogP contribution in [-0.4, -0.2) is 21.4 Å². The number of benzene rings is 1. The highest BCUT2D eigenvalue weighted by atomic mass is 16.5. The van der Waals surface area contributed by atoms with E-state index in [1.165, 1.54) is 22.2 Å². The molecule has 3 aromatic rings. The van der Waals surface area contributed by atoms with Crippen molar-refractivity contribution in [2.45, 2.75) is 34.6 Å². The van der Waals surface area contributed by atoms with Gasteiger partial charge in [-0.1, -0.05) is 12.1 Å². The van der Waals surface area contributed by atoms with Gasteiger partial charge in [0.15, 0.2) is 0 Å². The first-order valence-corrected chi connectivity index (χ1v) is 7.60. The van der Waals surface area contributed by atoms with Gasteiger partial charge < -0.3 is 9.30 Å². The van der Waals surface area contributed by atoms with Gasteiger partial charge in [0.25, 0.3) is 0 Å². The smallest absolute Gasteiger partial charge is 0.143 e. The van der Waals surface area contributed by atoms with Crippen molar-refractivity contribution in [3.63, 3.8) is 0 Å². The molecule has 0 aliphatic carbocycles. The predicted octanol–water partition coefficient (Wildman–Crippen LogP) is 4.05. The van der Waals surface area contributed by atoms with Crippen molar-refractivity contribution in [2.75, 3.05) is 6.61 Å². The maximum absolute atomic E-state index is 5.81. The van der Waals surface area contributed by atoms with Crippen LogP contribution in [0.5, 0.6) is 5.75 Å². The van der Waals surface area contributed by atoms with Crippen LogP contribution < -0.4 is 4.74 Å². The molecule has 4 nitrogen and oxygen atoms in total. The Kier molecular flexibility index (Phi) is 3.61. The zero-order chi connectivity index (χ0) is 15.9. The van der Waals surface area contributed by atoms with Gasteiger partial charge in [-0.25, -0.2) is 0 Å². The van der Waals surface area contributed by atoms with Crippen LogP contribution >= 0.6 is 0 Å². The Labute approximate surface area is 130 Å². The molecule has 0 aliphatic heterocycles. The van der Waals surface area contributed by atoms with Crippen molar-refractivity contribution in [1.82, 2.24) is 14.8 Å². The summed E-state index contributed by atoms with van der Waals surface area (Å²) in [6.07, 6.45) is 0. The lowest BCUT2D eigenvalue weighted by atomic mass is 10.1. The van der Waals surface area contributed by atoms with E-state index in [-0.39, 0.29) is 0 Å². The second-order valence-corrected chi connectivity index (χ2v) is 5.53. The largest absolute Gasteiger partial charge is 0.492 e. The van der Waals surface area contributed by atoms with Gasteiger partial charge in [0.1, 0.15) is 5.75 Å². The topological polar surface area (TPSA) is 39.9 Å². The number of hydrogen-bond donors (Lipinski definition) is 0. The lowest BCUT2D eigenvalue weighted by molar-refractivity contribution is 0.339. The molecule has 0 atom stereocenters. The van der Waals surface area contributed by atoms with Crippen LogP contribution in [0.1, 0.15) is 29.7 Å². The summed E-state index contributed by atoms with van der Waals surface area (Å²) in [6, 6.07) is 8.15. The molecule has 3 rings (SSSR count). The van der Waals surface area contributed by atoms with Crippen LogP contribution in [0.25, 0.3) is 16.5 Å². The third kappa shape index (κ3) is 2.06. The number of hydrogen-bond acceptors (Lipinski definition) is 3. The molecule has 0 N–H and O–H groups in total. The molecule has 1 aromatic carbocycles. The lowest BCUT2D eigenvalue weighted by Crippen LogP contribution is -2.03. The Balaban J connectivity index is 2.38. The molecular formula is C18H21N3O. The first-order chi connectivity index (χ1) is 10.6. The van der Waals surface area contributed by atoms with E-state index in [0.717, 1.165) is 22.8 Å². The fourth-order valence-electron chi connectivity index (χ4n) is 3.25. The molecule has 22 heavy (non-hydrogen) atoms. The fraction of sp³-hybridized carbons (Fsp3) is 0.333. The minimum Gasteiger partial charge on any atom is -0.492 e.